The Balaban J connectivity index is 2.58. The first-order chi connectivity index (χ1) is 6.94. The van der Waals surface area contributed by atoms with E-state index in [1.165, 1.54) is 6.92 Å². The quantitative estimate of drug-likeness (QED) is 0.519. The Morgan fingerprint density at radius 2 is 2.40 bits per heavy atom. The van der Waals surface area contributed by atoms with Crippen molar-refractivity contribution in [1.82, 2.24) is 0 Å². The summed E-state index contributed by atoms with van der Waals surface area (Å²) in [6, 6.07) is 0. The standard InChI is InChI=1S/C11H16O4/c1-5-6-9(14-8(2)12)10-7-13-11(3,4)15-10/h1,9-10H,6-7H2,2-4H3/t9-,10-/m1/s1. The second-order valence-electron chi connectivity index (χ2n) is 3.92. The van der Waals surface area contributed by atoms with Crippen molar-refractivity contribution in [2.75, 3.05) is 6.61 Å². The van der Waals surface area contributed by atoms with Gasteiger partial charge in [0.25, 0.3) is 0 Å². The highest BCUT2D eigenvalue weighted by Crippen LogP contribution is 2.26. The zero-order valence-electron chi connectivity index (χ0n) is 9.28. The number of esters is 1. The molecular weight excluding hydrogens is 196 g/mol. The number of rotatable bonds is 3. The van der Waals surface area contributed by atoms with Gasteiger partial charge in [0.1, 0.15) is 12.2 Å². The van der Waals surface area contributed by atoms with Crippen LogP contribution < -0.4 is 0 Å². The molecule has 0 amide bonds. The van der Waals surface area contributed by atoms with Gasteiger partial charge in [-0.15, -0.1) is 12.3 Å². The third-order valence-corrected chi connectivity index (χ3v) is 2.08. The van der Waals surface area contributed by atoms with Crippen LogP contribution in [0.3, 0.4) is 0 Å². The Hall–Kier alpha value is -1.05. The fraction of sp³-hybridized carbons (Fsp3) is 0.727. The molecule has 0 spiro atoms. The SMILES string of the molecule is C#CC[C@@H](OC(C)=O)[C@H]1COC(C)(C)O1. The molecule has 1 aliphatic heterocycles. The predicted octanol–water partition coefficient (Wildman–Crippen LogP) is 1.09. The van der Waals surface area contributed by atoms with Gasteiger partial charge in [-0.05, 0) is 13.8 Å². The maximum atomic E-state index is 10.9. The molecule has 0 aromatic heterocycles. The van der Waals surface area contributed by atoms with Gasteiger partial charge in [0, 0.05) is 13.3 Å². The lowest BCUT2D eigenvalue weighted by Gasteiger charge is -2.22. The molecule has 0 aliphatic carbocycles. The maximum absolute atomic E-state index is 10.9. The summed E-state index contributed by atoms with van der Waals surface area (Å²) in [5, 5.41) is 0. The van der Waals surface area contributed by atoms with Gasteiger partial charge in [-0.2, -0.15) is 0 Å². The first kappa shape index (κ1) is 12.0. The van der Waals surface area contributed by atoms with E-state index < -0.39 is 11.9 Å². The third kappa shape index (κ3) is 3.54. The normalized spacial score (nSPS) is 25.6. The largest absolute Gasteiger partial charge is 0.459 e. The molecule has 84 valence electrons. The molecule has 0 aromatic carbocycles. The van der Waals surface area contributed by atoms with Gasteiger partial charge in [0.15, 0.2) is 5.79 Å². The van der Waals surface area contributed by atoms with Crippen LogP contribution in [0.25, 0.3) is 0 Å². The molecule has 0 aromatic rings. The molecular formula is C11H16O4. The number of hydrogen-bond donors (Lipinski definition) is 0. The second kappa shape index (κ2) is 4.65. The van der Waals surface area contributed by atoms with E-state index in [0.717, 1.165) is 0 Å². The van der Waals surface area contributed by atoms with E-state index >= 15 is 0 Å². The van der Waals surface area contributed by atoms with Crippen LogP contribution in [0, 0.1) is 12.3 Å². The number of carbonyl (C=O) groups excluding carboxylic acids is 1. The van der Waals surface area contributed by atoms with E-state index in [1.54, 1.807) is 0 Å². The lowest BCUT2D eigenvalue weighted by atomic mass is 10.1. The number of hydrogen-bond acceptors (Lipinski definition) is 4. The van der Waals surface area contributed by atoms with Gasteiger partial charge in [0.05, 0.1) is 6.61 Å². The van der Waals surface area contributed by atoms with Crippen LogP contribution in [0.15, 0.2) is 0 Å². The molecule has 15 heavy (non-hydrogen) atoms. The Bertz CT molecular complexity index is 277. The van der Waals surface area contributed by atoms with Crippen molar-refractivity contribution in [3.8, 4) is 12.3 Å². The van der Waals surface area contributed by atoms with Crippen molar-refractivity contribution in [2.45, 2.75) is 45.2 Å². The molecule has 2 atom stereocenters. The van der Waals surface area contributed by atoms with Crippen LogP contribution in [-0.4, -0.2) is 30.6 Å². The van der Waals surface area contributed by atoms with Crippen LogP contribution in [0.4, 0.5) is 0 Å². The summed E-state index contributed by atoms with van der Waals surface area (Å²) in [5.41, 5.74) is 0. The zero-order valence-corrected chi connectivity index (χ0v) is 9.28. The van der Waals surface area contributed by atoms with E-state index in [9.17, 15) is 4.79 Å². The van der Waals surface area contributed by atoms with Crippen molar-refractivity contribution < 1.29 is 19.0 Å². The summed E-state index contributed by atoms with van der Waals surface area (Å²) in [5.74, 6) is 1.48. The Morgan fingerprint density at radius 1 is 1.73 bits per heavy atom. The van der Waals surface area contributed by atoms with E-state index in [1.807, 2.05) is 13.8 Å². The van der Waals surface area contributed by atoms with Crippen LogP contribution in [0.2, 0.25) is 0 Å². The average Bonchev–Trinajstić information content (AvgIpc) is 2.44. The molecule has 4 heteroatoms. The topological polar surface area (TPSA) is 44.8 Å². The van der Waals surface area contributed by atoms with E-state index in [0.29, 0.717) is 13.0 Å². The average molecular weight is 212 g/mol. The molecule has 0 radical (unpaired) electrons. The van der Waals surface area contributed by atoms with Crippen molar-refractivity contribution in [3.05, 3.63) is 0 Å². The molecule has 4 nitrogen and oxygen atoms in total. The minimum absolute atomic E-state index is 0.278. The molecule has 1 fully saturated rings. The molecule has 0 saturated carbocycles. The molecule has 0 N–H and O–H groups in total. The van der Waals surface area contributed by atoms with Crippen LogP contribution >= 0.6 is 0 Å². The van der Waals surface area contributed by atoms with E-state index in [4.69, 9.17) is 20.6 Å². The second-order valence-corrected chi connectivity index (χ2v) is 3.92. The summed E-state index contributed by atoms with van der Waals surface area (Å²) in [6.45, 7) is 5.37. The zero-order chi connectivity index (χ0) is 11.5. The smallest absolute Gasteiger partial charge is 0.303 e. The molecule has 1 saturated heterocycles. The highest BCUT2D eigenvalue weighted by atomic mass is 16.7. The summed E-state index contributed by atoms with van der Waals surface area (Å²) in [4.78, 5) is 10.9. The molecule has 1 heterocycles. The number of ether oxygens (including phenoxy) is 3. The van der Waals surface area contributed by atoms with Crippen LogP contribution in [0.1, 0.15) is 27.2 Å². The molecule has 1 rings (SSSR count). The summed E-state index contributed by atoms with van der Waals surface area (Å²) >= 11 is 0. The molecule has 0 unspecified atom stereocenters. The molecule has 0 bridgehead atoms. The Labute approximate surface area is 89.9 Å². The highest BCUT2D eigenvalue weighted by Gasteiger charge is 2.38. The highest BCUT2D eigenvalue weighted by molar-refractivity contribution is 5.66. The van der Waals surface area contributed by atoms with Gasteiger partial charge < -0.3 is 14.2 Å². The van der Waals surface area contributed by atoms with Gasteiger partial charge in [-0.25, -0.2) is 0 Å². The van der Waals surface area contributed by atoms with Crippen molar-refractivity contribution >= 4 is 5.97 Å². The van der Waals surface area contributed by atoms with Crippen molar-refractivity contribution in [2.24, 2.45) is 0 Å². The minimum Gasteiger partial charge on any atom is -0.459 e. The summed E-state index contributed by atoms with van der Waals surface area (Å²) < 4.78 is 16.0. The van der Waals surface area contributed by atoms with E-state index in [2.05, 4.69) is 5.92 Å². The van der Waals surface area contributed by atoms with Gasteiger partial charge >= 0.3 is 5.97 Å². The lowest BCUT2D eigenvalue weighted by molar-refractivity contribution is -0.168. The third-order valence-electron chi connectivity index (χ3n) is 2.08. The lowest BCUT2D eigenvalue weighted by Crippen LogP contribution is -2.34. The minimum atomic E-state index is -0.627. The summed E-state index contributed by atoms with van der Waals surface area (Å²) in [7, 11) is 0. The van der Waals surface area contributed by atoms with Gasteiger partial charge in [-0.3, -0.25) is 4.79 Å². The van der Waals surface area contributed by atoms with Crippen LogP contribution in [-0.2, 0) is 19.0 Å². The van der Waals surface area contributed by atoms with Crippen molar-refractivity contribution in [3.63, 3.8) is 0 Å². The maximum Gasteiger partial charge on any atom is 0.303 e. The fourth-order valence-corrected chi connectivity index (χ4v) is 1.48. The van der Waals surface area contributed by atoms with E-state index in [-0.39, 0.29) is 12.1 Å². The monoisotopic (exact) mass is 212 g/mol. The summed E-state index contributed by atoms with van der Waals surface area (Å²) in [6.07, 6.45) is 4.84. The van der Waals surface area contributed by atoms with Crippen LogP contribution in [0.5, 0.6) is 0 Å². The Kier molecular flexibility index (Phi) is 3.72. The molecule has 1 aliphatic rings. The number of terminal acetylenes is 1. The van der Waals surface area contributed by atoms with Crippen molar-refractivity contribution in [1.29, 1.82) is 0 Å². The number of carbonyl (C=O) groups is 1. The van der Waals surface area contributed by atoms with Gasteiger partial charge in [-0.1, -0.05) is 0 Å². The fourth-order valence-electron chi connectivity index (χ4n) is 1.48. The predicted molar refractivity (Wildman–Crippen MR) is 53.9 cm³/mol. The first-order valence-corrected chi connectivity index (χ1v) is 4.87. The Morgan fingerprint density at radius 3 is 2.80 bits per heavy atom. The van der Waals surface area contributed by atoms with Gasteiger partial charge in [0.2, 0.25) is 0 Å². The first-order valence-electron chi connectivity index (χ1n) is 4.87.